The molecule has 0 aromatic heterocycles. The number of carbonyl (C=O) groups is 2. The number of unbranched alkanes of at least 4 members (excludes halogenated alkanes) is 48. The number of hydrogen-bond donors (Lipinski definition) is 3. The van der Waals surface area contributed by atoms with Gasteiger partial charge in [0.2, 0.25) is 5.91 Å². The predicted molar refractivity (Wildman–Crippen MR) is 315 cm³/mol. The van der Waals surface area contributed by atoms with E-state index in [1.807, 2.05) is 6.08 Å². The minimum Gasteiger partial charge on any atom is -0.466 e. The highest BCUT2D eigenvalue weighted by atomic mass is 16.5. The van der Waals surface area contributed by atoms with E-state index in [9.17, 15) is 19.8 Å². The molecule has 1 amide bonds. The first kappa shape index (κ1) is 70.3. The number of rotatable bonds is 61. The fourth-order valence-electron chi connectivity index (χ4n) is 10.2. The van der Waals surface area contributed by atoms with Crippen LogP contribution < -0.4 is 5.32 Å². The van der Waals surface area contributed by atoms with E-state index >= 15 is 0 Å². The Morgan fingerprint density at radius 3 is 0.986 bits per heavy atom. The van der Waals surface area contributed by atoms with Crippen molar-refractivity contribution in [2.24, 2.45) is 0 Å². The molecule has 426 valence electrons. The first-order valence-electron chi connectivity index (χ1n) is 32.6. The summed E-state index contributed by atoms with van der Waals surface area (Å²) in [6.45, 7) is 4.92. The monoisotopic (exact) mass is 1010 g/mol. The van der Waals surface area contributed by atoms with Crippen molar-refractivity contribution in [2.75, 3.05) is 13.2 Å². The van der Waals surface area contributed by atoms with Crippen molar-refractivity contribution in [3.05, 3.63) is 24.3 Å². The van der Waals surface area contributed by atoms with Crippen molar-refractivity contribution in [1.29, 1.82) is 0 Å². The van der Waals surface area contributed by atoms with Crippen LogP contribution in [0.15, 0.2) is 24.3 Å². The van der Waals surface area contributed by atoms with Crippen molar-refractivity contribution in [3.8, 4) is 0 Å². The zero-order valence-corrected chi connectivity index (χ0v) is 48.7. The van der Waals surface area contributed by atoms with Crippen LogP contribution in [0.1, 0.15) is 361 Å². The average Bonchev–Trinajstić information content (AvgIpc) is 3.38. The second-order valence-corrected chi connectivity index (χ2v) is 22.5. The molecular weight excluding hydrogens is 887 g/mol. The maximum atomic E-state index is 12.5. The van der Waals surface area contributed by atoms with Gasteiger partial charge in [-0.2, -0.15) is 0 Å². The normalized spacial score (nSPS) is 12.7. The largest absolute Gasteiger partial charge is 0.466 e. The number of nitrogens with one attached hydrogen (secondary N) is 1. The van der Waals surface area contributed by atoms with Gasteiger partial charge in [0.25, 0.3) is 0 Å². The highest BCUT2D eigenvalue weighted by molar-refractivity contribution is 5.76. The first-order chi connectivity index (χ1) is 35.5. The Morgan fingerprint density at radius 1 is 0.375 bits per heavy atom. The molecule has 0 rings (SSSR count). The van der Waals surface area contributed by atoms with E-state index in [0.29, 0.717) is 19.4 Å². The minimum absolute atomic E-state index is 0.0180. The van der Waals surface area contributed by atoms with Crippen LogP contribution in [-0.4, -0.2) is 47.4 Å². The SMILES string of the molecule is CCCCCCCCCCCCC/C=C/C(O)C(CO)NC(=O)CCCCCCCCCCCCCCC/C=C\CCCCCCCCCCCCCCOC(=O)CCCCCCCCCCCCCCC. The van der Waals surface area contributed by atoms with Crippen LogP contribution in [0.25, 0.3) is 0 Å². The quantitative estimate of drug-likeness (QED) is 0.0320. The summed E-state index contributed by atoms with van der Waals surface area (Å²) in [6, 6.07) is -0.626. The molecule has 0 aliphatic heterocycles. The number of hydrogen-bond acceptors (Lipinski definition) is 5. The number of allylic oxidation sites excluding steroid dienone is 3. The lowest BCUT2D eigenvalue weighted by Crippen LogP contribution is -2.45. The van der Waals surface area contributed by atoms with Crippen molar-refractivity contribution in [2.45, 2.75) is 373 Å². The molecule has 0 aliphatic carbocycles. The number of carbonyl (C=O) groups excluding carboxylic acids is 2. The van der Waals surface area contributed by atoms with Crippen LogP contribution in [0.2, 0.25) is 0 Å². The van der Waals surface area contributed by atoms with Gasteiger partial charge in [-0.3, -0.25) is 9.59 Å². The summed E-state index contributed by atoms with van der Waals surface area (Å²) in [6.07, 6.45) is 76.7. The van der Waals surface area contributed by atoms with Crippen LogP contribution >= 0.6 is 0 Å². The van der Waals surface area contributed by atoms with Gasteiger partial charge in [-0.15, -0.1) is 0 Å². The van der Waals surface area contributed by atoms with Gasteiger partial charge in [0.15, 0.2) is 0 Å². The van der Waals surface area contributed by atoms with Gasteiger partial charge in [0.05, 0.1) is 25.4 Å². The van der Waals surface area contributed by atoms with Gasteiger partial charge in [0.1, 0.15) is 0 Å². The van der Waals surface area contributed by atoms with Crippen molar-refractivity contribution in [1.82, 2.24) is 5.32 Å². The molecule has 0 saturated carbocycles. The summed E-state index contributed by atoms with van der Waals surface area (Å²) >= 11 is 0. The Morgan fingerprint density at radius 2 is 0.653 bits per heavy atom. The van der Waals surface area contributed by atoms with Crippen molar-refractivity contribution < 1.29 is 24.5 Å². The molecule has 0 aromatic carbocycles. The van der Waals surface area contributed by atoms with Crippen LogP contribution in [0, 0.1) is 0 Å². The molecule has 72 heavy (non-hydrogen) atoms. The lowest BCUT2D eigenvalue weighted by atomic mass is 10.0. The second kappa shape index (κ2) is 61.9. The Labute approximate surface area is 450 Å². The molecule has 3 N–H and O–H groups in total. The highest BCUT2D eigenvalue weighted by Gasteiger charge is 2.18. The van der Waals surface area contributed by atoms with Crippen LogP contribution in [0.4, 0.5) is 0 Å². The second-order valence-electron chi connectivity index (χ2n) is 22.5. The lowest BCUT2D eigenvalue weighted by Gasteiger charge is -2.20. The number of esters is 1. The molecule has 2 unspecified atom stereocenters. The van der Waals surface area contributed by atoms with Gasteiger partial charge >= 0.3 is 5.97 Å². The summed E-state index contributed by atoms with van der Waals surface area (Å²) in [4.78, 5) is 24.5. The van der Waals surface area contributed by atoms with Crippen LogP contribution in [-0.2, 0) is 14.3 Å². The first-order valence-corrected chi connectivity index (χ1v) is 32.6. The summed E-state index contributed by atoms with van der Waals surface area (Å²) in [5, 5.41) is 23.1. The molecule has 0 radical (unpaired) electrons. The molecule has 0 fully saturated rings. The van der Waals surface area contributed by atoms with E-state index < -0.39 is 12.1 Å². The molecular formula is C66H127NO5. The number of ether oxygens (including phenoxy) is 1. The fraction of sp³-hybridized carbons (Fsp3) is 0.909. The number of aliphatic hydroxyl groups excluding tert-OH is 2. The Kier molecular flexibility index (Phi) is 60.5. The molecule has 0 aromatic rings. The van der Waals surface area contributed by atoms with Crippen LogP contribution in [0.3, 0.4) is 0 Å². The molecule has 0 saturated heterocycles. The molecule has 6 nitrogen and oxygen atoms in total. The zero-order valence-electron chi connectivity index (χ0n) is 48.7. The van der Waals surface area contributed by atoms with Crippen molar-refractivity contribution in [3.63, 3.8) is 0 Å². The third-order valence-electron chi connectivity index (χ3n) is 15.2. The number of amides is 1. The summed E-state index contributed by atoms with van der Waals surface area (Å²) in [7, 11) is 0. The van der Waals surface area contributed by atoms with E-state index in [1.165, 1.54) is 295 Å². The minimum atomic E-state index is -0.842. The molecule has 0 bridgehead atoms. The lowest BCUT2D eigenvalue weighted by molar-refractivity contribution is -0.143. The van der Waals surface area contributed by atoms with Gasteiger partial charge in [0, 0.05) is 12.8 Å². The zero-order chi connectivity index (χ0) is 52.2. The maximum absolute atomic E-state index is 12.5. The van der Waals surface area contributed by atoms with Gasteiger partial charge in [-0.25, -0.2) is 0 Å². The Bertz CT molecular complexity index is 1120. The summed E-state index contributed by atoms with van der Waals surface area (Å²) in [5.74, 6) is -0.0480. The maximum Gasteiger partial charge on any atom is 0.305 e. The molecule has 2 atom stereocenters. The van der Waals surface area contributed by atoms with Crippen LogP contribution in [0.5, 0.6) is 0 Å². The topological polar surface area (TPSA) is 95.9 Å². The molecule has 6 heteroatoms. The number of aliphatic hydroxyl groups is 2. The third kappa shape index (κ3) is 57.6. The highest BCUT2D eigenvalue weighted by Crippen LogP contribution is 2.18. The third-order valence-corrected chi connectivity index (χ3v) is 15.2. The molecule has 0 spiro atoms. The Hall–Kier alpha value is -1.66. The van der Waals surface area contributed by atoms with Gasteiger partial charge < -0.3 is 20.3 Å². The van der Waals surface area contributed by atoms with Gasteiger partial charge in [-0.05, 0) is 57.8 Å². The molecule has 0 heterocycles. The van der Waals surface area contributed by atoms with Crippen molar-refractivity contribution >= 4 is 11.9 Å². The predicted octanol–water partition coefficient (Wildman–Crippen LogP) is 20.6. The van der Waals surface area contributed by atoms with Gasteiger partial charge in [-0.1, -0.05) is 314 Å². The Balaban J connectivity index is 3.37. The molecule has 0 aliphatic rings. The average molecular weight is 1010 g/mol. The van der Waals surface area contributed by atoms with E-state index in [1.54, 1.807) is 6.08 Å². The standard InChI is InChI=1S/C66H127NO5/c1-3-5-7-9-11-13-15-34-38-42-46-50-54-58-64(69)63(62-68)67-65(70)59-55-51-47-43-39-36-32-30-28-26-24-22-20-18-17-19-21-23-25-27-29-31-33-37-41-45-49-53-57-61-72-66(71)60-56-52-48-44-40-35-16-14-12-10-8-6-4-2/h17,19,54,58,63-64,68-69H,3-16,18,20-53,55-57,59-62H2,1-2H3,(H,67,70)/b19-17-,58-54+. The van der Waals surface area contributed by atoms with E-state index in [-0.39, 0.29) is 18.5 Å². The fourth-order valence-corrected chi connectivity index (χ4v) is 10.2. The van der Waals surface area contributed by atoms with E-state index in [0.717, 1.165) is 38.5 Å². The smallest absolute Gasteiger partial charge is 0.305 e. The summed E-state index contributed by atoms with van der Waals surface area (Å²) in [5.41, 5.74) is 0. The summed E-state index contributed by atoms with van der Waals surface area (Å²) < 4.78 is 5.48. The van der Waals surface area contributed by atoms with E-state index in [2.05, 4.69) is 31.3 Å². The van der Waals surface area contributed by atoms with E-state index in [4.69, 9.17) is 4.74 Å².